The van der Waals surface area contributed by atoms with E-state index in [0.29, 0.717) is 0 Å². The smallest absolute Gasteiger partial charge is 0.254 e. The number of halogens is 8. The Morgan fingerprint density at radius 3 is 1.95 bits per heavy atom. The van der Waals surface area contributed by atoms with Crippen molar-refractivity contribution in [3.8, 4) is 0 Å². The van der Waals surface area contributed by atoms with E-state index in [-0.39, 0.29) is 0 Å². The molecule has 1 rings (SSSR count). The quantitative estimate of drug-likeness (QED) is 0.453. The zero-order chi connectivity index (χ0) is 15.9. The van der Waals surface area contributed by atoms with Crippen molar-refractivity contribution >= 4 is 6.04 Å². The van der Waals surface area contributed by atoms with Gasteiger partial charge >= 0.3 is 24.2 Å². The summed E-state index contributed by atoms with van der Waals surface area (Å²) in [5.41, 5.74) is 0. The van der Waals surface area contributed by atoms with Gasteiger partial charge < -0.3 is 0 Å². The molecule has 2 unspecified atom stereocenters. The van der Waals surface area contributed by atoms with Gasteiger partial charge in [0.1, 0.15) is 0 Å². The number of piperidine rings is 1. The Kier molecular flexibility index (Phi) is 4.38. The molecule has 1 aliphatic heterocycles. The summed E-state index contributed by atoms with van der Waals surface area (Å²) in [5, 5.41) is 0. The van der Waals surface area contributed by atoms with E-state index in [1.54, 1.807) is 0 Å². The molecule has 0 amide bonds. The number of hydrogen-bond acceptors (Lipinski definition) is 2. The van der Waals surface area contributed by atoms with Crippen LogP contribution in [0.3, 0.4) is 0 Å². The molecular weight excluding hydrogens is 302 g/mol. The van der Waals surface area contributed by atoms with Crippen LogP contribution in [0.4, 0.5) is 35.1 Å². The molecule has 0 radical (unpaired) electrons. The Hall–Kier alpha value is -0.930. The van der Waals surface area contributed by atoms with Crippen molar-refractivity contribution in [2.75, 3.05) is 13.1 Å². The van der Waals surface area contributed by atoms with E-state index in [1.807, 2.05) is 0 Å². The SMILES string of the molecule is CC1CC(C(F)(F)F)CN(C(F)(F)C(F)(F)C(=O)F)C1. The molecule has 0 saturated carbocycles. The van der Waals surface area contributed by atoms with Crippen molar-refractivity contribution in [1.82, 2.24) is 4.90 Å². The first-order valence-electron chi connectivity index (χ1n) is 5.57. The molecule has 0 spiro atoms. The van der Waals surface area contributed by atoms with Crippen molar-refractivity contribution in [3.63, 3.8) is 0 Å². The maximum absolute atomic E-state index is 13.4. The highest BCUT2D eigenvalue weighted by Crippen LogP contribution is 2.43. The third kappa shape index (κ3) is 3.04. The lowest BCUT2D eigenvalue weighted by molar-refractivity contribution is -0.296. The fraction of sp³-hybridized carbons (Fsp3) is 0.900. The van der Waals surface area contributed by atoms with Crippen LogP contribution >= 0.6 is 0 Å². The molecule has 2 nitrogen and oxygen atoms in total. The second-order valence-corrected chi connectivity index (χ2v) is 4.87. The third-order valence-electron chi connectivity index (χ3n) is 3.14. The van der Waals surface area contributed by atoms with Gasteiger partial charge in [0.2, 0.25) is 0 Å². The van der Waals surface area contributed by atoms with Crippen LogP contribution in [0.2, 0.25) is 0 Å². The Morgan fingerprint density at radius 2 is 1.55 bits per heavy atom. The minimum absolute atomic E-state index is 0.475. The molecule has 1 saturated heterocycles. The van der Waals surface area contributed by atoms with Crippen LogP contribution in [0.5, 0.6) is 0 Å². The highest BCUT2D eigenvalue weighted by Gasteiger charge is 2.67. The molecule has 20 heavy (non-hydrogen) atoms. The Labute approximate surface area is 108 Å². The molecule has 118 valence electrons. The normalized spacial score (nSPS) is 26.6. The zero-order valence-corrected chi connectivity index (χ0v) is 10.2. The first-order valence-corrected chi connectivity index (χ1v) is 5.57. The van der Waals surface area contributed by atoms with Gasteiger partial charge in [0.05, 0.1) is 5.92 Å². The van der Waals surface area contributed by atoms with Crippen LogP contribution in [0.15, 0.2) is 0 Å². The Morgan fingerprint density at radius 1 is 1.05 bits per heavy atom. The highest BCUT2D eigenvalue weighted by atomic mass is 19.4. The van der Waals surface area contributed by atoms with E-state index < -0.39 is 60.4 Å². The molecule has 0 aromatic carbocycles. The van der Waals surface area contributed by atoms with Crippen molar-refractivity contribution in [1.29, 1.82) is 0 Å². The molecule has 0 aromatic heterocycles. The van der Waals surface area contributed by atoms with Gasteiger partial charge in [0.25, 0.3) is 0 Å². The standard InChI is InChI=1S/C10H11F8NO/c1-5-2-6(9(14,15)16)4-19(3-5)10(17,18)8(12,13)7(11)20/h5-6H,2-4H2,1H3. The zero-order valence-electron chi connectivity index (χ0n) is 10.2. The van der Waals surface area contributed by atoms with Gasteiger partial charge in [-0.05, 0) is 12.3 Å². The van der Waals surface area contributed by atoms with Gasteiger partial charge in [-0.25, -0.2) is 4.90 Å². The summed E-state index contributed by atoms with van der Waals surface area (Å²) in [6.45, 7) is -1.03. The Bertz CT molecular complexity index is 380. The second-order valence-electron chi connectivity index (χ2n) is 4.87. The van der Waals surface area contributed by atoms with Gasteiger partial charge in [-0.2, -0.15) is 35.1 Å². The lowest BCUT2D eigenvalue weighted by atomic mass is 9.89. The first kappa shape index (κ1) is 17.1. The number of rotatable bonds is 3. The van der Waals surface area contributed by atoms with Crippen LogP contribution in [0.1, 0.15) is 13.3 Å². The molecule has 0 N–H and O–H groups in total. The summed E-state index contributed by atoms with van der Waals surface area (Å²) in [7, 11) is 0. The molecule has 0 aromatic rings. The second kappa shape index (κ2) is 5.12. The Balaban J connectivity index is 3.03. The topological polar surface area (TPSA) is 20.3 Å². The number of likely N-dealkylation sites (tertiary alicyclic amines) is 1. The maximum atomic E-state index is 13.4. The minimum atomic E-state index is -5.68. The first-order chi connectivity index (χ1) is 8.80. The van der Waals surface area contributed by atoms with E-state index in [1.165, 1.54) is 6.92 Å². The van der Waals surface area contributed by atoms with E-state index in [9.17, 15) is 39.9 Å². The molecule has 0 bridgehead atoms. The number of nitrogens with zero attached hydrogens (tertiary/aromatic N) is 1. The predicted octanol–water partition coefficient (Wildman–Crippen LogP) is 3.23. The number of alkyl halides is 7. The molecule has 1 fully saturated rings. The monoisotopic (exact) mass is 313 g/mol. The molecule has 10 heteroatoms. The van der Waals surface area contributed by atoms with E-state index in [0.717, 1.165) is 0 Å². The summed E-state index contributed by atoms with van der Waals surface area (Å²) in [5.74, 6) is -8.87. The van der Waals surface area contributed by atoms with Crippen LogP contribution in [0.25, 0.3) is 0 Å². The number of carbonyl (C=O) groups is 1. The van der Waals surface area contributed by atoms with Crippen molar-refractivity contribution in [3.05, 3.63) is 0 Å². The third-order valence-corrected chi connectivity index (χ3v) is 3.14. The summed E-state index contributed by atoms with van der Waals surface area (Å²) in [6, 6.07) is -8.89. The van der Waals surface area contributed by atoms with Crippen molar-refractivity contribution < 1.29 is 39.9 Å². The number of hydrogen-bond donors (Lipinski definition) is 0. The van der Waals surface area contributed by atoms with E-state index in [2.05, 4.69) is 0 Å². The van der Waals surface area contributed by atoms with Crippen molar-refractivity contribution in [2.45, 2.75) is 31.5 Å². The fourth-order valence-electron chi connectivity index (χ4n) is 2.13. The van der Waals surface area contributed by atoms with Gasteiger partial charge in [0.15, 0.2) is 0 Å². The summed E-state index contributed by atoms with van der Waals surface area (Å²) >= 11 is 0. The van der Waals surface area contributed by atoms with Crippen LogP contribution in [0, 0.1) is 11.8 Å². The largest absolute Gasteiger partial charge is 0.412 e. The predicted molar refractivity (Wildman–Crippen MR) is 50.9 cm³/mol. The summed E-state index contributed by atoms with van der Waals surface area (Å²) in [6.07, 6.45) is -5.33. The van der Waals surface area contributed by atoms with Crippen molar-refractivity contribution in [2.24, 2.45) is 11.8 Å². The van der Waals surface area contributed by atoms with E-state index in [4.69, 9.17) is 0 Å². The number of carbonyl (C=O) groups excluding carboxylic acids is 1. The van der Waals surface area contributed by atoms with E-state index >= 15 is 0 Å². The van der Waals surface area contributed by atoms with Gasteiger partial charge in [-0.3, -0.25) is 4.79 Å². The lowest BCUT2D eigenvalue weighted by Gasteiger charge is -2.42. The molecular formula is C10H11F8NO. The maximum Gasteiger partial charge on any atom is 0.412 e. The summed E-state index contributed by atoms with van der Waals surface area (Å²) in [4.78, 5) is 9.49. The van der Waals surface area contributed by atoms with Gasteiger partial charge in [-0.1, -0.05) is 6.92 Å². The molecule has 1 heterocycles. The fourth-order valence-corrected chi connectivity index (χ4v) is 2.13. The molecule has 2 atom stereocenters. The minimum Gasteiger partial charge on any atom is -0.254 e. The highest BCUT2D eigenvalue weighted by molar-refractivity contribution is 5.77. The summed E-state index contributed by atoms with van der Waals surface area (Å²) < 4.78 is 102. The average molecular weight is 313 g/mol. The molecule has 1 aliphatic rings. The van der Waals surface area contributed by atoms with Gasteiger partial charge in [-0.15, -0.1) is 0 Å². The van der Waals surface area contributed by atoms with Crippen LogP contribution < -0.4 is 0 Å². The van der Waals surface area contributed by atoms with Crippen LogP contribution in [-0.4, -0.2) is 42.2 Å². The molecule has 0 aliphatic carbocycles. The lowest BCUT2D eigenvalue weighted by Crippen LogP contribution is -2.61. The van der Waals surface area contributed by atoms with Crippen LogP contribution in [-0.2, 0) is 4.79 Å². The van der Waals surface area contributed by atoms with Gasteiger partial charge in [0, 0.05) is 13.1 Å². The average Bonchev–Trinajstić information content (AvgIpc) is 2.26.